The van der Waals surface area contributed by atoms with Crippen LogP contribution in [0.4, 0.5) is 15.8 Å². The molecule has 2 rings (SSSR count). The zero-order valence-corrected chi connectivity index (χ0v) is 10.8. The molecule has 0 aliphatic heterocycles. The van der Waals surface area contributed by atoms with Crippen LogP contribution < -0.4 is 11.1 Å². The van der Waals surface area contributed by atoms with Crippen LogP contribution in [0, 0.1) is 15.9 Å². The number of nitrogens with zero attached hydrogens (tertiary/aromatic N) is 2. The van der Waals surface area contributed by atoms with E-state index in [0.717, 1.165) is 6.07 Å². The Kier molecular flexibility index (Phi) is 4.12. The molecule has 0 radical (unpaired) electrons. The highest BCUT2D eigenvalue weighted by Crippen LogP contribution is 2.24. The number of carbonyl (C=O) groups excluding carboxylic acids is 1. The molecule has 0 saturated carbocycles. The molecule has 0 saturated heterocycles. The third-order valence-electron chi connectivity index (χ3n) is 2.76. The average Bonchev–Trinajstić information content (AvgIpc) is 2.94. The van der Waals surface area contributed by atoms with Crippen molar-refractivity contribution in [3.05, 3.63) is 51.8 Å². The summed E-state index contributed by atoms with van der Waals surface area (Å²) in [5.41, 5.74) is 4.11. The van der Waals surface area contributed by atoms with E-state index in [2.05, 4.69) is 15.3 Å². The summed E-state index contributed by atoms with van der Waals surface area (Å²) in [4.78, 5) is 28.8. The number of amides is 1. The van der Waals surface area contributed by atoms with E-state index in [1.165, 1.54) is 0 Å². The maximum Gasteiger partial charge on any atom is 0.285 e. The van der Waals surface area contributed by atoms with Gasteiger partial charge in [0, 0.05) is 25.4 Å². The predicted octanol–water partition coefficient (Wildman–Crippen LogP) is 1.01. The van der Waals surface area contributed by atoms with Gasteiger partial charge in [-0.15, -0.1) is 0 Å². The molecule has 1 aromatic carbocycles. The quantitative estimate of drug-likeness (QED) is 0.430. The monoisotopic (exact) mass is 293 g/mol. The number of carbonyl (C=O) groups is 1. The highest BCUT2D eigenvalue weighted by atomic mass is 19.1. The maximum absolute atomic E-state index is 13.2. The molecule has 0 spiro atoms. The first kappa shape index (κ1) is 14.4. The molecule has 0 aliphatic carbocycles. The number of rotatable bonds is 5. The van der Waals surface area contributed by atoms with Crippen LogP contribution in [-0.4, -0.2) is 27.3 Å². The summed E-state index contributed by atoms with van der Waals surface area (Å²) >= 11 is 0. The Morgan fingerprint density at radius 1 is 1.52 bits per heavy atom. The SMILES string of the molecule is Nc1cc(C(=O)NCCc2ncc[nH]2)c([N+](=O)[O-])cc1F. The van der Waals surface area contributed by atoms with Crippen molar-refractivity contribution in [3.8, 4) is 0 Å². The van der Waals surface area contributed by atoms with Crippen LogP contribution >= 0.6 is 0 Å². The van der Waals surface area contributed by atoms with Gasteiger partial charge >= 0.3 is 0 Å². The van der Waals surface area contributed by atoms with Gasteiger partial charge in [-0.25, -0.2) is 9.37 Å². The summed E-state index contributed by atoms with van der Waals surface area (Å²) in [6.45, 7) is 0.223. The molecule has 110 valence electrons. The van der Waals surface area contributed by atoms with E-state index in [0.29, 0.717) is 18.3 Å². The second kappa shape index (κ2) is 5.99. The summed E-state index contributed by atoms with van der Waals surface area (Å²) in [5.74, 6) is -0.961. The Bertz CT molecular complexity index is 672. The Labute approximate surface area is 118 Å². The lowest BCUT2D eigenvalue weighted by Gasteiger charge is -2.06. The summed E-state index contributed by atoms with van der Waals surface area (Å²) < 4.78 is 13.2. The van der Waals surface area contributed by atoms with E-state index >= 15 is 0 Å². The number of hydrogen-bond donors (Lipinski definition) is 3. The van der Waals surface area contributed by atoms with E-state index in [4.69, 9.17) is 5.73 Å². The zero-order valence-electron chi connectivity index (χ0n) is 10.8. The number of hydrogen-bond acceptors (Lipinski definition) is 5. The number of aromatic nitrogens is 2. The third kappa shape index (κ3) is 3.32. The molecule has 0 bridgehead atoms. The Balaban J connectivity index is 2.11. The van der Waals surface area contributed by atoms with Gasteiger partial charge in [-0.2, -0.15) is 0 Å². The van der Waals surface area contributed by atoms with Crippen molar-refractivity contribution in [2.75, 3.05) is 12.3 Å². The summed E-state index contributed by atoms with van der Waals surface area (Å²) in [6, 6.07) is 1.59. The Morgan fingerprint density at radius 3 is 2.90 bits per heavy atom. The number of nitro benzene ring substituents is 1. The van der Waals surface area contributed by atoms with Gasteiger partial charge in [0.2, 0.25) is 0 Å². The molecule has 21 heavy (non-hydrogen) atoms. The number of benzene rings is 1. The van der Waals surface area contributed by atoms with Crippen molar-refractivity contribution >= 4 is 17.3 Å². The van der Waals surface area contributed by atoms with E-state index < -0.39 is 22.3 Å². The van der Waals surface area contributed by atoms with Crippen molar-refractivity contribution < 1.29 is 14.1 Å². The lowest BCUT2D eigenvalue weighted by atomic mass is 10.1. The van der Waals surface area contributed by atoms with Crippen LogP contribution in [0.15, 0.2) is 24.5 Å². The van der Waals surface area contributed by atoms with Gasteiger partial charge in [0.05, 0.1) is 16.7 Å². The van der Waals surface area contributed by atoms with Crippen LogP contribution in [0.25, 0.3) is 0 Å². The van der Waals surface area contributed by atoms with Gasteiger partial charge in [-0.1, -0.05) is 0 Å². The summed E-state index contributed by atoms with van der Waals surface area (Å²) in [5, 5.41) is 13.4. The Morgan fingerprint density at radius 2 is 2.29 bits per heavy atom. The lowest BCUT2D eigenvalue weighted by molar-refractivity contribution is -0.385. The standard InChI is InChI=1S/C12H12FN5O3/c13-8-6-10(18(20)21)7(5-9(8)14)12(19)17-2-1-11-15-3-4-16-11/h3-6H,1-2,14H2,(H,15,16)(H,17,19). The smallest absolute Gasteiger partial charge is 0.285 e. The number of nitrogens with one attached hydrogen (secondary N) is 2. The van der Waals surface area contributed by atoms with Crippen LogP contribution in [0.1, 0.15) is 16.2 Å². The number of nitro groups is 1. The molecule has 1 amide bonds. The van der Waals surface area contributed by atoms with E-state index in [1.807, 2.05) is 0 Å². The fraction of sp³-hybridized carbons (Fsp3) is 0.167. The first-order valence-electron chi connectivity index (χ1n) is 5.99. The van der Waals surface area contributed by atoms with E-state index in [-0.39, 0.29) is 17.8 Å². The summed E-state index contributed by atoms with van der Waals surface area (Å²) in [6.07, 6.45) is 3.65. The fourth-order valence-electron chi connectivity index (χ4n) is 1.74. The predicted molar refractivity (Wildman–Crippen MR) is 72.1 cm³/mol. The molecule has 1 heterocycles. The Hall–Kier alpha value is -2.97. The third-order valence-corrected chi connectivity index (χ3v) is 2.76. The molecule has 0 fully saturated rings. The second-order valence-corrected chi connectivity index (χ2v) is 4.19. The minimum Gasteiger partial charge on any atom is -0.396 e. The van der Waals surface area contributed by atoms with E-state index in [1.54, 1.807) is 12.4 Å². The molecule has 0 unspecified atom stereocenters. The molecule has 0 atom stereocenters. The van der Waals surface area contributed by atoms with Gasteiger partial charge in [0.25, 0.3) is 11.6 Å². The molecule has 4 N–H and O–H groups in total. The maximum atomic E-state index is 13.2. The van der Waals surface area contributed by atoms with Crippen molar-refractivity contribution in [3.63, 3.8) is 0 Å². The first-order valence-corrected chi connectivity index (χ1v) is 5.99. The first-order chi connectivity index (χ1) is 9.99. The molecular formula is C12H12FN5O3. The number of imidazole rings is 1. The normalized spacial score (nSPS) is 10.3. The van der Waals surface area contributed by atoms with Crippen molar-refractivity contribution in [2.45, 2.75) is 6.42 Å². The minimum absolute atomic E-state index is 0.223. The second-order valence-electron chi connectivity index (χ2n) is 4.19. The van der Waals surface area contributed by atoms with Crippen molar-refractivity contribution in [1.82, 2.24) is 15.3 Å². The average molecular weight is 293 g/mol. The van der Waals surface area contributed by atoms with Crippen molar-refractivity contribution in [1.29, 1.82) is 0 Å². The molecular weight excluding hydrogens is 281 g/mol. The number of halogens is 1. The van der Waals surface area contributed by atoms with Gasteiger partial charge in [-0.3, -0.25) is 14.9 Å². The summed E-state index contributed by atoms with van der Waals surface area (Å²) in [7, 11) is 0. The van der Waals surface area contributed by atoms with Crippen LogP contribution in [-0.2, 0) is 6.42 Å². The fourth-order valence-corrected chi connectivity index (χ4v) is 1.74. The molecule has 2 aromatic rings. The van der Waals surface area contributed by atoms with Gasteiger partial charge in [-0.05, 0) is 6.07 Å². The van der Waals surface area contributed by atoms with Gasteiger partial charge in [0.15, 0.2) is 5.82 Å². The van der Waals surface area contributed by atoms with Crippen LogP contribution in [0.3, 0.4) is 0 Å². The largest absolute Gasteiger partial charge is 0.396 e. The van der Waals surface area contributed by atoms with Crippen LogP contribution in [0.5, 0.6) is 0 Å². The number of aromatic amines is 1. The number of nitrogens with two attached hydrogens (primary N) is 1. The van der Waals surface area contributed by atoms with Crippen LogP contribution in [0.2, 0.25) is 0 Å². The molecule has 1 aromatic heterocycles. The van der Waals surface area contributed by atoms with Gasteiger partial charge < -0.3 is 16.0 Å². The van der Waals surface area contributed by atoms with Gasteiger partial charge in [0.1, 0.15) is 11.4 Å². The number of nitrogen functional groups attached to an aromatic ring is 1. The highest BCUT2D eigenvalue weighted by molar-refractivity contribution is 5.99. The number of H-pyrrole nitrogens is 1. The van der Waals surface area contributed by atoms with E-state index in [9.17, 15) is 19.3 Å². The van der Waals surface area contributed by atoms with Crippen molar-refractivity contribution in [2.24, 2.45) is 0 Å². The molecule has 0 aliphatic rings. The molecule has 9 heteroatoms. The zero-order chi connectivity index (χ0) is 15.4. The lowest BCUT2D eigenvalue weighted by Crippen LogP contribution is -2.27. The molecule has 8 nitrogen and oxygen atoms in total. The number of anilines is 1. The minimum atomic E-state index is -0.936. The topological polar surface area (TPSA) is 127 Å². The highest BCUT2D eigenvalue weighted by Gasteiger charge is 2.22.